The summed E-state index contributed by atoms with van der Waals surface area (Å²) in [7, 11) is 3.68. The van der Waals surface area contributed by atoms with Crippen molar-refractivity contribution in [1.82, 2.24) is 15.2 Å². The highest BCUT2D eigenvalue weighted by atomic mass is 32.1. The van der Waals surface area contributed by atoms with Gasteiger partial charge in [-0.15, -0.1) is 11.3 Å². The number of aromatic nitrogens is 1. The van der Waals surface area contributed by atoms with Crippen LogP contribution in [-0.2, 0) is 13.1 Å². The quantitative estimate of drug-likeness (QED) is 0.732. The summed E-state index contributed by atoms with van der Waals surface area (Å²) in [4.78, 5) is 19.4. The summed E-state index contributed by atoms with van der Waals surface area (Å²) in [6.45, 7) is 3.43. The lowest BCUT2D eigenvalue weighted by atomic mass is 10.1. The lowest BCUT2D eigenvalue weighted by Gasteiger charge is -2.15. The molecule has 3 aromatic rings. The summed E-state index contributed by atoms with van der Waals surface area (Å²) in [6.07, 6.45) is 0. The molecule has 0 aliphatic rings. The Bertz CT molecular complexity index is 838. The Labute approximate surface area is 151 Å². The molecule has 0 aliphatic carbocycles. The summed E-state index contributed by atoms with van der Waals surface area (Å²) in [5, 5.41) is 4.64. The minimum absolute atomic E-state index is 0.0702. The van der Waals surface area contributed by atoms with Crippen LogP contribution in [0.1, 0.15) is 27.4 Å². The summed E-state index contributed by atoms with van der Waals surface area (Å²) in [5.74, 6) is 1.47. The fourth-order valence-corrected chi connectivity index (χ4v) is 3.26. The van der Waals surface area contributed by atoms with E-state index in [-0.39, 0.29) is 5.91 Å². The van der Waals surface area contributed by atoms with Crippen molar-refractivity contribution < 1.29 is 9.21 Å². The number of benzene rings is 1. The molecular weight excluding hydrogens is 334 g/mol. The number of oxazole rings is 1. The lowest BCUT2D eigenvalue weighted by Crippen LogP contribution is -2.19. The molecular formula is C19H21N3O2S. The van der Waals surface area contributed by atoms with Crippen molar-refractivity contribution in [3.63, 3.8) is 0 Å². The molecule has 0 spiro atoms. The van der Waals surface area contributed by atoms with Gasteiger partial charge in [-0.05, 0) is 43.1 Å². The number of carbonyl (C=O) groups is 1. The molecule has 0 unspecified atom stereocenters. The van der Waals surface area contributed by atoms with Gasteiger partial charge in [-0.2, -0.15) is 0 Å². The number of rotatable bonds is 6. The molecule has 3 rings (SSSR count). The maximum atomic E-state index is 11.6. The van der Waals surface area contributed by atoms with Gasteiger partial charge in [-0.1, -0.05) is 18.2 Å². The van der Waals surface area contributed by atoms with Gasteiger partial charge in [0.1, 0.15) is 5.76 Å². The maximum absolute atomic E-state index is 11.6. The minimum atomic E-state index is -0.0702. The second kappa shape index (κ2) is 7.63. The monoisotopic (exact) mass is 355 g/mol. The Balaban J connectivity index is 1.64. The first-order valence-electron chi connectivity index (χ1n) is 8.06. The van der Waals surface area contributed by atoms with Gasteiger partial charge in [0.05, 0.1) is 10.6 Å². The Hall–Kier alpha value is -2.44. The topological polar surface area (TPSA) is 58.4 Å². The van der Waals surface area contributed by atoms with Crippen molar-refractivity contribution in [3.05, 3.63) is 64.4 Å². The summed E-state index contributed by atoms with van der Waals surface area (Å²) in [6, 6.07) is 11.7. The van der Waals surface area contributed by atoms with Gasteiger partial charge in [0.25, 0.3) is 5.91 Å². The number of nitrogens with one attached hydrogen (secondary N) is 1. The van der Waals surface area contributed by atoms with E-state index < -0.39 is 0 Å². The molecule has 0 saturated heterocycles. The Morgan fingerprint density at radius 3 is 2.64 bits per heavy atom. The van der Waals surface area contributed by atoms with Gasteiger partial charge in [-0.3, -0.25) is 9.69 Å². The van der Waals surface area contributed by atoms with E-state index in [1.807, 2.05) is 55.7 Å². The van der Waals surface area contributed by atoms with Gasteiger partial charge in [0.15, 0.2) is 0 Å². The van der Waals surface area contributed by atoms with Crippen molar-refractivity contribution >= 4 is 17.2 Å². The van der Waals surface area contributed by atoms with E-state index in [1.54, 1.807) is 18.4 Å². The van der Waals surface area contributed by atoms with E-state index in [0.717, 1.165) is 28.4 Å². The number of amides is 1. The molecule has 5 nitrogen and oxygen atoms in total. The highest BCUT2D eigenvalue weighted by Crippen LogP contribution is 2.26. The van der Waals surface area contributed by atoms with Crippen LogP contribution >= 0.6 is 11.3 Å². The van der Waals surface area contributed by atoms with Crippen LogP contribution in [0.3, 0.4) is 0 Å². The highest BCUT2D eigenvalue weighted by molar-refractivity contribution is 7.13. The molecule has 2 heterocycles. The first kappa shape index (κ1) is 17.4. The number of hydrogen-bond donors (Lipinski definition) is 1. The van der Waals surface area contributed by atoms with Crippen molar-refractivity contribution in [1.29, 1.82) is 0 Å². The molecule has 0 fully saturated rings. The van der Waals surface area contributed by atoms with E-state index in [4.69, 9.17) is 4.42 Å². The normalized spacial score (nSPS) is 11.0. The summed E-state index contributed by atoms with van der Waals surface area (Å²) in [5.41, 5.74) is 2.77. The molecule has 130 valence electrons. The van der Waals surface area contributed by atoms with Crippen LogP contribution in [0.4, 0.5) is 0 Å². The van der Waals surface area contributed by atoms with E-state index in [9.17, 15) is 4.79 Å². The molecule has 2 aromatic heterocycles. The van der Waals surface area contributed by atoms with Crippen LogP contribution in [0.5, 0.6) is 0 Å². The SMILES string of the molecule is CNC(=O)c1ccc(CN(C)Cc2nc(-c3cccs3)oc2C)cc1. The fraction of sp³-hybridized carbons (Fsp3) is 0.263. The molecule has 0 bridgehead atoms. The highest BCUT2D eigenvalue weighted by Gasteiger charge is 2.14. The fourth-order valence-electron chi connectivity index (χ4n) is 2.61. The smallest absolute Gasteiger partial charge is 0.251 e. The maximum Gasteiger partial charge on any atom is 0.251 e. The van der Waals surface area contributed by atoms with Crippen LogP contribution in [0.15, 0.2) is 46.2 Å². The van der Waals surface area contributed by atoms with Crippen molar-refractivity contribution in [3.8, 4) is 10.8 Å². The third kappa shape index (κ3) is 4.15. The standard InChI is InChI=1S/C19H21N3O2S/c1-13-16(21-19(24-13)17-5-4-10-25-17)12-22(3)11-14-6-8-15(9-7-14)18(23)20-2/h4-10H,11-12H2,1-3H3,(H,20,23). The van der Waals surface area contributed by atoms with Crippen LogP contribution in [0.2, 0.25) is 0 Å². The zero-order valence-electron chi connectivity index (χ0n) is 14.6. The van der Waals surface area contributed by atoms with Gasteiger partial charge >= 0.3 is 0 Å². The first-order valence-corrected chi connectivity index (χ1v) is 8.94. The van der Waals surface area contributed by atoms with Crippen LogP contribution < -0.4 is 5.32 Å². The summed E-state index contributed by atoms with van der Waals surface area (Å²) < 4.78 is 5.79. The number of hydrogen-bond acceptors (Lipinski definition) is 5. The molecule has 0 aliphatic heterocycles. The van der Waals surface area contributed by atoms with Gasteiger partial charge in [-0.25, -0.2) is 4.98 Å². The van der Waals surface area contributed by atoms with Crippen LogP contribution in [-0.4, -0.2) is 29.9 Å². The predicted molar refractivity (Wildman–Crippen MR) is 99.6 cm³/mol. The van der Waals surface area contributed by atoms with Crippen molar-refractivity contribution in [2.75, 3.05) is 14.1 Å². The van der Waals surface area contributed by atoms with Crippen molar-refractivity contribution in [2.45, 2.75) is 20.0 Å². The zero-order valence-corrected chi connectivity index (χ0v) is 15.4. The number of aryl methyl sites for hydroxylation is 1. The average molecular weight is 355 g/mol. The molecule has 0 saturated carbocycles. The van der Waals surface area contributed by atoms with Crippen LogP contribution in [0, 0.1) is 6.92 Å². The lowest BCUT2D eigenvalue weighted by molar-refractivity contribution is 0.0963. The Morgan fingerprint density at radius 1 is 1.24 bits per heavy atom. The van der Waals surface area contributed by atoms with Crippen LogP contribution in [0.25, 0.3) is 10.8 Å². The van der Waals surface area contributed by atoms with E-state index in [2.05, 4.69) is 15.2 Å². The van der Waals surface area contributed by atoms with Gasteiger partial charge in [0.2, 0.25) is 5.89 Å². The molecule has 1 N–H and O–H groups in total. The Kier molecular flexibility index (Phi) is 5.31. The average Bonchev–Trinajstić information content (AvgIpc) is 3.25. The van der Waals surface area contributed by atoms with Crippen molar-refractivity contribution in [2.24, 2.45) is 0 Å². The molecule has 6 heteroatoms. The first-order chi connectivity index (χ1) is 12.1. The molecule has 0 radical (unpaired) electrons. The van der Waals surface area contributed by atoms with E-state index >= 15 is 0 Å². The minimum Gasteiger partial charge on any atom is -0.440 e. The third-order valence-electron chi connectivity index (χ3n) is 3.94. The molecule has 0 atom stereocenters. The molecule has 25 heavy (non-hydrogen) atoms. The zero-order chi connectivity index (χ0) is 17.8. The van der Waals surface area contributed by atoms with E-state index in [0.29, 0.717) is 18.0 Å². The number of thiophene rings is 1. The Morgan fingerprint density at radius 2 is 2.00 bits per heavy atom. The molecule has 1 amide bonds. The number of nitrogens with zero attached hydrogens (tertiary/aromatic N) is 2. The number of carbonyl (C=O) groups excluding carboxylic acids is 1. The second-order valence-electron chi connectivity index (χ2n) is 5.95. The summed E-state index contributed by atoms with van der Waals surface area (Å²) >= 11 is 1.62. The largest absolute Gasteiger partial charge is 0.440 e. The third-order valence-corrected chi connectivity index (χ3v) is 4.80. The predicted octanol–water partition coefficient (Wildman–Crippen LogP) is 3.70. The molecule has 1 aromatic carbocycles. The second-order valence-corrected chi connectivity index (χ2v) is 6.90. The van der Waals surface area contributed by atoms with E-state index in [1.165, 1.54) is 0 Å². The van der Waals surface area contributed by atoms with Gasteiger partial charge < -0.3 is 9.73 Å². The van der Waals surface area contributed by atoms with Gasteiger partial charge in [0, 0.05) is 25.7 Å².